The van der Waals surface area contributed by atoms with Crippen LogP contribution in [0, 0.1) is 0 Å². The Morgan fingerprint density at radius 1 is 1.20 bits per heavy atom. The summed E-state index contributed by atoms with van der Waals surface area (Å²) in [6.07, 6.45) is -0.608. The molecule has 0 heterocycles. The number of aliphatic hydroxyl groups is 1. The van der Waals surface area contributed by atoms with Crippen molar-refractivity contribution in [2.75, 3.05) is 27.3 Å². The van der Waals surface area contributed by atoms with Crippen LogP contribution in [0.15, 0.2) is 42.5 Å². The van der Waals surface area contributed by atoms with Crippen molar-refractivity contribution in [1.29, 1.82) is 0 Å². The van der Waals surface area contributed by atoms with Crippen LogP contribution < -0.4 is 5.32 Å². The van der Waals surface area contributed by atoms with Crippen molar-refractivity contribution in [3.63, 3.8) is 0 Å². The van der Waals surface area contributed by atoms with E-state index in [4.69, 9.17) is 4.74 Å². The number of nitrogens with one attached hydrogen (secondary N) is 1. The van der Waals surface area contributed by atoms with Crippen LogP contribution in [0.5, 0.6) is 0 Å². The molecular weight excluding hydrogens is 316 g/mol. The van der Waals surface area contributed by atoms with E-state index in [0.717, 1.165) is 10.9 Å². The Balaban J connectivity index is 1.97. The second-order valence-electron chi connectivity index (χ2n) is 6.56. The molecule has 2 aromatic rings. The van der Waals surface area contributed by atoms with Crippen LogP contribution in [0.3, 0.4) is 0 Å². The van der Waals surface area contributed by atoms with Gasteiger partial charge < -0.3 is 15.2 Å². The maximum atomic E-state index is 12.5. The summed E-state index contributed by atoms with van der Waals surface area (Å²) in [5.41, 5.74) is 1.07. The number of hydrogen-bond donors (Lipinski definition) is 2. The van der Waals surface area contributed by atoms with Crippen molar-refractivity contribution in [3.8, 4) is 0 Å². The monoisotopic (exact) mass is 344 g/mol. The van der Waals surface area contributed by atoms with E-state index >= 15 is 0 Å². The number of amides is 1. The van der Waals surface area contributed by atoms with Crippen LogP contribution in [-0.4, -0.2) is 55.4 Å². The number of methoxy groups -OCH3 is 1. The van der Waals surface area contributed by atoms with Gasteiger partial charge in [0, 0.05) is 13.7 Å². The van der Waals surface area contributed by atoms with Gasteiger partial charge in [-0.05, 0) is 43.3 Å². The van der Waals surface area contributed by atoms with Crippen molar-refractivity contribution >= 4 is 16.7 Å². The molecule has 0 saturated heterocycles. The molecule has 0 bridgehead atoms. The minimum Gasteiger partial charge on any atom is -0.389 e. The number of benzene rings is 2. The maximum Gasteiger partial charge on any atom is 0.237 e. The number of carbonyl (C=O) groups is 1. The van der Waals surface area contributed by atoms with Crippen molar-refractivity contribution in [1.82, 2.24) is 10.2 Å². The molecule has 5 heteroatoms. The first-order valence-electron chi connectivity index (χ1n) is 8.58. The fourth-order valence-corrected chi connectivity index (χ4v) is 2.83. The first-order valence-corrected chi connectivity index (χ1v) is 8.58. The van der Waals surface area contributed by atoms with Gasteiger partial charge in [0.15, 0.2) is 0 Å². The number of nitrogens with zero attached hydrogens (tertiary/aromatic N) is 1. The highest BCUT2D eigenvalue weighted by Gasteiger charge is 2.22. The lowest BCUT2D eigenvalue weighted by Gasteiger charge is -2.27. The molecule has 0 aliphatic carbocycles. The molecule has 2 aromatic carbocycles. The molecule has 2 rings (SSSR count). The van der Waals surface area contributed by atoms with Crippen LogP contribution in [0.25, 0.3) is 10.8 Å². The molecule has 0 aromatic heterocycles. The summed E-state index contributed by atoms with van der Waals surface area (Å²) in [5, 5.41) is 15.2. The van der Waals surface area contributed by atoms with Gasteiger partial charge in [-0.3, -0.25) is 9.69 Å². The lowest BCUT2D eigenvalue weighted by molar-refractivity contribution is -0.126. The van der Waals surface area contributed by atoms with Gasteiger partial charge in [-0.15, -0.1) is 0 Å². The molecule has 0 aliphatic rings. The van der Waals surface area contributed by atoms with Gasteiger partial charge in [-0.1, -0.05) is 36.4 Å². The Morgan fingerprint density at radius 3 is 2.56 bits per heavy atom. The summed E-state index contributed by atoms with van der Waals surface area (Å²) in [7, 11) is 3.37. The summed E-state index contributed by atoms with van der Waals surface area (Å²) >= 11 is 0. The third kappa shape index (κ3) is 5.26. The highest BCUT2D eigenvalue weighted by atomic mass is 16.5. The SMILES string of the molecule is COCC(O)CN(C)C(C)C(=O)NC(C)c1ccc2ccccc2c1. The molecule has 0 spiro atoms. The molecule has 0 aliphatic heterocycles. The zero-order valence-corrected chi connectivity index (χ0v) is 15.4. The average Bonchev–Trinajstić information content (AvgIpc) is 2.60. The molecule has 2 N–H and O–H groups in total. The van der Waals surface area contributed by atoms with Crippen LogP contribution in [0.1, 0.15) is 25.5 Å². The van der Waals surface area contributed by atoms with Gasteiger partial charge in [0.05, 0.1) is 24.8 Å². The van der Waals surface area contributed by atoms with Crippen molar-refractivity contribution in [2.24, 2.45) is 0 Å². The third-order valence-electron chi connectivity index (χ3n) is 4.53. The summed E-state index contributed by atoms with van der Waals surface area (Å²) in [6.45, 7) is 4.45. The predicted molar refractivity (Wildman–Crippen MR) is 100 cm³/mol. The van der Waals surface area contributed by atoms with Gasteiger partial charge in [-0.2, -0.15) is 0 Å². The molecule has 1 amide bonds. The molecular formula is C20H28N2O3. The Kier molecular flexibility index (Phi) is 6.93. The summed E-state index contributed by atoms with van der Waals surface area (Å²) < 4.78 is 4.93. The first-order chi connectivity index (χ1) is 11.9. The van der Waals surface area contributed by atoms with Crippen molar-refractivity contribution in [2.45, 2.75) is 32.0 Å². The average molecular weight is 344 g/mol. The highest BCUT2D eigenvalue weighted by Crippen LogP contribution is 2.20. The quantitative estimate of drug-likeness (QED) is 0.772. The van der Waals surface area contributed by atoms with Crippen LogP contribution in [0.2, 0.25) is 0 Å². The Labute approximate surface area is 149 Å². The summed E-state index contributed by atoms with van der Waals surface area (Å²) in [5.74, 6) is -0.0622. The Bertz CT molecular complexity index is 704. The molecule has 5 nitrogen and oxygen atoms in total. The van der Waals surface area contributed by atoms with Gasteiger partial charge in [0.2, 0.25) is 5.91 Å². The van der Waals surface area contributed by atoms with Gasteiger partial charge in [0.1, 0.15) is 0 Å². The first kappa shape index (κ1) is 19.4. The minimum atomic E-state index is -0.608. The topological polar surface area (TPSA) is 61.8 Å². The Morgan fingerprint density at radius 2 is 1.88 bits per heavy atom. The molecule has 0 radical (unpaired) electrons. The van der Waals surface area contributed by atoms with E-state index in [1.54, 1.807) is 7.11 Å². The van der Waals surface area contributed by atoms with E-state index in [0.29, 0.717) is 6.54 Å². The van der Waals surface area contributed by atoms with E-state index in [2.05, 4.69) is 29.6 Å². The largest absolute Gasteiger partial charge is 0.389 e. The van der Waals surface area contributed by atoms with Gasteiger partial charge in [0.25, 0.3) is 0 Å². The Hall–Kier alpha value is -1.95. The van der Waals surface area contributed by atoms with Crippen LogP contribution in [-0.2, 0) is 9.53 Å². The zero-order chi connectivity index (χ0) is 18.4. The van der Waals surface area contributed by atoms with E-state index in [-0.39, 0.29) is 24.6 Å². The number of aliphatic hydroxyl groups excluding tert-OH is 1. The molecule has 136 valence electrons. The van der Waals surface area contributed by atoms with Gasteiger partial charge in [-0.25, -0.2) is 0 Å². The molecule has 3 unspecified atom stereocenters. The standard InChI is InChI=1S/C20H28N2O3/c1-14(17-10-9-16-7-5-6-8-18(16)11-17)21-20(24)15(2)22(3)12-19(23)13-25-4/h5-11,14-15,19,23H,12-13H2,1-4H3,(H,21,24). The fourth-order valence-electron chi connectivity index (χ4n) is 2.83. The number of carbonyl (C=O) groups excluding carboxylic acids is 1. The predicted octanol–water partition coefficient (Wildman–Crippen LogP) is 2.34. The summed E-state index contributed by atoms with van der Waals surface area (Å²) in [6, 6.07) is 14.0. The number of ether oxygens (including phenoxy) is 1. The third-order valence-corrected chi connectivity index (χ3v) is 4.53. The van der Waals surface area contributed by atoms with Crippen LogP contribution in [0.4, 0.5) is 0 Å². The molecule has 25 heavy (non-hydrogen) atoms. The van der Waals surface area contributed by atoms with Crippen molar-refractivity contribution in [3.05, 3.63) is 48.0 Å². The zero-order valence-electron chi connectivity index (χ0n) is 15.4. The lowest BCUT2D eigenvalue weighted by atomic mass is 10.0. The van der Waals surface area contributed by atoms with Gasteiger partial charge >= 0.3 is 0 Å². The number of fused-ring (bicyclic) bond motifs is 1. The number of rotatable bonds is 8. The number of hydrogen-bond acceptors (Lipinski definition) is 4. The second-order valence-corrected chi connectivity index (χ2v) is 6.56. The fraction of sp³-hybridized carbons (Fsp3) is 0.450. The molecule has 0 fully saturated rings. The minimum absolute atomic E-state index is 0.0622. The summed E-state index contributed by atoms with van der Waals surface area (Å²) in [4.78, 5) is 14.3. The lowest BCUT2D eigenvalue weighted by Crippen LogP contribution is -2.47. The normalized spacial score (nSPS) is 15.1. The van der Waals surface area contributed by atoms with E-state index in [1.807, 2.05) is 44.0 Å². The second kappa shape index (κ2) is 8.94. The molecule has 3 atom stereocenters. The smallest absolute Gasteiger partial charge is 0.237 e. The van der Waals surface area contributed by atoms with E-state index in [9.17, 15) is 9.90 Å². The van der Waals surface area contributed by atoms with E-state index < -0.39 is 6.10 Å². The number of likely N-dealkylation sites (N-methyl/N-ethyl adjacent to an activating group) is 1. The van der Waals surface area contributed by atoms with Crippen molar-refractivity contribution < 1.29 is 14.6 Å². The van der Waals surface area contributed by atoms with Crippen LogP contribution >= 0.6 is 0 Å². The highest BCUT2D eigenvalue weighted by molar-refractivity contribution is 5.84. The maximum absolute atomic E-state index is 12.5. The molecule has 0 saturated carbocycles. The van der Waals surface area contributed by atoms with E-state index in [1.165, 1.54) is 5.39 Å².